The lowest BCUT2D eigenvalue weighted by atomic mass is 10.0. The lowest BCUT2D eigenvalue weighted by Gasteiger charge is -2.21. The third kappa shape index (κ3) is 3.84. The van der Waals surface area contributed by atoms with E-state index in [1.54, 1.807) is 6.07 Å². The van der Waals surface area contributed by atoms with Crippen LogP contribution in [0.2, 0.25) is 0 Å². The third-order valence-corrected chi connectivity index (χ3v) is 9.12. The minimum Gasteiger partial charge on any atom is -0.492 e. The molecule has 4 atom stereocenters. The van der Waals surface area contributed by atoms with Crippen molar-refractivity contribution in [2.75, 3.05) is 31.0 Å². The Labute approximate surface area is 198 Å². The van der Waals surface area contributed by atoms with E-state index in [1.165, 1.54) is 31.0 Å². The Kier molecular flexibility index (Phi) is 5.11. The Morgan fingerprint density at radius 3 is 2.68 bits per heavy atom. The maximum absolute atomic E-state index is 14.2. The number of hydrogen-bond acceptors (Lipinski definition) is 5. The molecule has 4 aliphatic rings. The molecule has 3 fully saturated rings. The van der Waals surface area contributed by atoms with Gasteiger partial charge in [0.05, 0.1) is 17.2 Å². The molecule has 2 unspecified atom stereocenters. The van der Waals surface area contributed by atoms with Crippen LogP contribution in [0, 0.1) is 17.7 Å². The number of hydrogen-bond donors (Lipinski definition) is 2. The monoisotopic (exact) mass is 486 g/mol. The Balaban J connectivity index is 1.31. The summed E-state index contributed by atoms with van der Waals surface area (Å²) in [5.41, 5.74) is 1.07. The van der Waals surface area contributed by atoms with Gasteiger partial charge in [0.15, 0.2) is 0 Å². The summed E-state index contributed by atoms with van der Waals surface area (Å²) in [4.78, 5) is 14.5. The van der Waals surface area contributed by atoms with Gasteiger partial charge in [-0.2, -0.15) is 0 Å². The van der Waals surface area contributed by atoms with Crippen molar-refractivity contribution < 1.29 is 27.4 Å². The van der Waals surface area contributed by atoms with Crippen LogP contribution >= 0.6 is 0 Å². The van der Waals surface area contributed by atoms with Gasteiger partial charge in [-0.1, -0.05) is 6.07 Å². The highest BCUT2D eigenvalue weighted by atomic mass is 32.2. The molecule has 2 saturated carbocycles. The van der Waals surface area contributed by atoms with Crippen molar-refractivity contribution in [1.82, 2.24) is 4.90 Å². The van der Waals surface area contributed by atoms with Crippen LogP contribution < -0.4 is 9.46 Å². The van der Waals surface area contributed by atoms with E-state index in [2.05, 4.69) is 9.62 Å². The van der Waals surface area contributed by atoms with Crippen LogP contribution in [-0.2, 0) is 10.0 Å². The molecule has 2 N–H and O–H groups in total. The van der Waals surface area contributed by atoms with Gasteiger partial charge in [0.1, 0.15) is 17.1 Å². The van der Waals surface area contributed by atoms with Crippen molar-refractivity contribution in [1.29, 1.82) is 0 Å². The first-order chi connectivity index (χ1) is 16.3. The number of anilines is 1. The number of nitrogens with one attached hydrogen (secondary N) is 1. The summed E-state index contributed by atoms with van der Waals surface area (Å²) in [5, 5.41) is 9.88. The van der Waals surface area contributed by atoms with E-state index in [9.17, 15) is 22.7 Å². The summed E-state index contributed by atoms with van der Waals surface area (Å²) in [7, 11) is -4.15. The summed E-state index contributed by atoms with van der Waals surface area (Å²) in [6.07, 6.45) is 4.13. The SMILES string of the molecule is O=C(O)c1c(NS(=O)(=O)c2ccc(F)cc2C2CC2CN2CCCC2)ccc2c1OC[C@@H]1C[C@H]21. The number of halogens is 1. The normalized spacial score (nSPS) is 27.4. The fourth-order valence-corrected chi connectivity index (χ4v) is 7.06. The van der Waals surface area contributed by atoms with Gasteiger partial charge >= 0.3 is 5.97 Å². The zero-order chi connectivity index (χ0) is 23.6. The van der Waals surface area contributed by atoms with Crippen LogP contribution in [0.3, 0.4) is 0 Å². The molecule has 2 aliphatic carbocycles. The number of rotatable bonds is 7. The van der Waals surface area contributed by atoms with E-state index in [0.29, 0.717) is 24.0 Å². The number of ether oxygens (including phenoxy) is 1. The number of benzene rings is 2. The van der Waals surface area contributed by atoms with Crippen molar-refractivity contribution in [3.63, 3.8) is 0 Å². The maximum Gasteiger partial charge on any atom is 0.341 e. The number of likely N-dealkylation sites (tertiary alicyclic amines) is 1. The molecule has 0 radical (unpaired) electrons. The minimum absolute atomic E-state index is 0.0000525. The molecule has 180 valence electrons. The van der Waals surface area contributed by atoms with Crippen LogP contribution in [-0.4, -0.2) is 50.6 Å². The first-order valence-electron chi connectivity index (χ1n) is 11.9. The molecule has 0 bridgehead atoms. The number of carboxylic acids is 1. The molecule has 1 saturated heterocycles. The Bertz CT molecular complexity index is 1270. The predicted octanol–water partition coefficient (Wildman–Crippen LogP) is 4.02. The number of nitrogens with zero attached hydrogens (tertiary/aromatic N) is 1. The van der Waals surface area contributed by atoms with E-state index in [4.69, 9.17) is 4.74 Å². The maximum atomic E-state index is 14.2. The zero-order valence-corrected chi connectivity index (χ0v) is 19.5. The van der Waals surface area contributed by atoms with E-state index in [-0.39, 0.29) is 33.7 Å². The molecule has 2 aliphatic heterocycles. The van der Waals surface area contributed by atoms with Crippen LogP contribution in [0.25, 0.3) is 0 Å². The molecule has 6 rings (SSSR count). The second-order valence-corrected chi connectivity index (χ2v) is 11.7. The molecule has 2 aromatic rings. The highest BCUT2D eigenvalue weighted by Crippen LogP contribution is 2.55. The second kappa shape index (κ2) is 7.95. The number of sulfonamides is 1. The van der Waals surface area contributed by atoms with Crippen LogP contribution in [0.15, 0.2) is 35.2 Å². The van der Waals surface area contributed by atoms with Crippen molar-refractivity contribution in [3.05, 3.63) is 52.8 Å². The lowest BCUT2D eigenvalue weighted by Crippen LogP contribution is -2.22. The lowest BCUT2D eigenvalue weighted by molar-refractivity contribution is 0.0692. The van der Waals surface area contributed by atoms with Crippen LogP contribution in [0.1, 0.15) is 59.0 Å². The summed E-state index contributed by atoms with van der Waals surface area (Å²) in [6.45, 7) is 3.44. The van der Waals surface area contributed by atoms with Gasteiger partial charge in [-0.3, -0.25) is 4.72 Å². The molecular formula is C25H27FN2O5S. The largest absolute Gasteiger partial charge is 0.492 e. The zero-order valence-electron chi connectivity index (χ0n) is 18.7. The molecule has 7 nitrogen and oxygen atoms in total. The minimum atomic E-state index is -4.15. The second-order valence-electron chi connectivity index (χ2n) is 10.0. The molecule has 0 aromatic heterocycles. The first-order valence-corrected chi connectivity index (χ1v) is 13.4. The van der Waals surface area contributed by atoms with Crippen molar-refractivity contribution in [3.8, 4) is 5.75 Å². The Morgan fingerprint density at radius 2 is 1.91 bits per heavy atom. The van der Waals surface area contributed by atoms with Gasteiger partial charge in [-0.15, -0.1) is 0 Å². The molecule has 0 amide bonds. The Hall–Kier alpha value is -2.65. The van der Waals surface area contributed by atoms with Gasteiger partial charge in [0.2, 0.25) is 0 Å². The van der Waals surface area contributed by atoms with Crippen molar-refractivity contribution >= 4 is 21.7 Å². The average molecular weight is 487 g/mol. The third-order valence-electron chi connectivity index (χ3n) is 7.68. The van der Waals surface area contributed by atoms with E-state index in [0.717, 1.165) is 44.1 Å². The number of carboxylic acid groups (broad SMARTS) is 1. The molecule has 0 spiro atoms. The van der Waals surface area contributed by atoms with Crippen LogP contribution in [0.5, 0.6) is 5.75 Å². The first kappa shape index (κ1) is 21.9. The van der Waals surface area contributed by atoms with E-state index < -0.39 is 21.8 Å². The average Bonchev–Trinajstić information content (AvgIpc) is 3.68. The number of carbonyl (C=O) groups is 1. The highest BCUT2D eigenvalue weighted by molar-refractivity contribution is 7.92. The van der Waals surface area contributed by atoms with E-state index >= 15 is 0 Å². The molecule has 2 aromatic carbocycles. The van der Waals surface area contributed by atoms with E-state index in [1.807, 2.05) is 0 Å². The smallest absolute Gasteiger partial charge is 0.341 e. The molecule has 9 heteroatoms. The van der Waals surface area contributed by atoms with Crippen LogP contribution in [0.4, 0.5) is 10.1 Å². The fourth-order valence-electron chi connectivity index (χ4n) is 5.73. The topological polar surface area (TPSA) is 95.9 Å². The molecule has 34 heavy (non-hydrogen) atoms. The van der Waals surface area contributed by atoms with Gasteiger partial charge < -0.3 is 14.7 Å². The summed E-state index contributed by atoms with van der Waals surface area (Å²) < 4.78 is 49.3. The van der Waals surface area contributed by atoms with Crippen molar-refractivity contribution in [2.24, 2.45) is 11.8 Å². The quantitative estimate of drug-likeness (QED) is 0.614. The number of fused-ring (bicyclic) bond motifs is 3. The molecular weight excluding hydrogens is 459 g/mol. The standard InChI is InChI=1S/C25H27FN2O5S/c26-16-3-6-22(20(11-16)18-9-14(18)12-28-7-1-2-8-28)34(31,32)27-21-5-4-17-19-10-15(19)13-33-24(17)23(21)25(29)30/h3-6,11,14-15,18-19,27H,1-2,7-10,12-13H2,(H,29,30)/t14?,15-,18?,19-/m0/s1. The van der Waals surface area contributed by atoms with Gasteiger partial charge in [0.25, 0.3) is 10.0 Å². The van der Waals surface area contributed by atoms with Gasteiger partial charge in [-0.25, -0.2) is 17.6 Å². The summed E-state index contributed by atoms with van der Waals surface area (Å²) in [6, 6.07) is 6.98. The number of aromatic carboxylic acids is 1. The Morgan fingerprint density at radius 1 is 1.12 bits per heavy atom. The fraction of sp³-hybridized carbons (Fsp3) is 0.480. The van der Waals surface area contributed by atoms with Gasteiger partial charge in [0, 0.05) is 12.5 Å². The highest BCUT2D eigenvalue weighted by Gasteiger charge is 2.46. The molecule has 2 heterocycles. The summed E-state index contributed by atoms with van der Waals surface area (Å²) >= 11 is 0. The van der Waals surface area contributed by atoms with Gasteiger partial charge in [-0.05, 0) is 91.9 Å². The summed E-state index contributed by atoms with van der Waals surface area (Å²) in [5.74, 6) is -0.524. The van der Waals surface area contributed by atoms with Crippen molar-refractivity contribution in [2.45, 2.75) is 42.4 Å². The predicted molar refractivity (Wildman–Crippen MR) is 123 cm³/mol.